The van der Waals surface area contributed by atoms with Crippen LogP contribution in [0.4, 0.5) is 13.2 Å². The summed E-state index contributed by atoms with van der Waals surface area (Å²) in [6, 6.07) is 1.85. The van der Waals surface area contributed by atoms with Crippen molar-refractivity contribution in [1.82, 2.24) is 10.2 Å². The first kappa shape index (κ1) is 21.3. The van der Waals surface area contributed by atoms with E-state index in [1.165, 1.54) is 7.11 Å². The second-order valence-corrected chi connectivity index (χ2v) is 7.86. The minimum Gasteiger partial charge on any atom is -0.496 e. The molecule has 1 amide bonds. The number of carbonyl (C=O) groups is 1. The average Bonchev–Trinajstić information content (AvgIpc) is 3.21. The standard InChI is InChI=1S/C19H25F3N2O3S/c1-26-15-9-12(19(20,21)22)10-16(28-2)17(15)18(25)23-13-11-27-8-5-14(13)24-6-3-4-7-24/h9-10,13-14H,3-8,11H2,1-2H3,(H,23,25). The maximum atomic E-state index is 13.2. The van der Waals surface area contributed by atoms with Crippen LogP contribution in [0.2, 0.25) is 0 Å². The lowest BCUT2D eigenvalue weighted by molar-refractivity contribution is -0.137. The van der Waals surface area contributed by atoms with Gasteiger partial charge in [-0.3, -0.25) is 9.69 Å². The van der Waals surface area contributed by atoms with Crippen molar-refractivity contribution in [2.75, 3.05) is 39.7 Å². The van der Waals surface area contributed by atoms with E-state index in [9.17, 15) is 18.0 Å². The first-order valence-corrected chi connectivity index (χ1v) is 10.5. The topological polar surface area (TPSA) is 50.8 Å². The number of benzene rings is 1. The van der Waals surface area contributed by atoms with E-state index in [0.29, 0.717) is 13.2 Å². The Balaban J connectivity index is 1.86. The zero-order valence-corrected chi connectivity index (χ0v) is 16.8. The van der Waals surface area contributed by atoms with E-state index in [2.05, 4.69) is 10.2 Å². The maximum Gasteiger partial charge on any atom is 0.416 e. The number of hydrogen-bond acceptors (Lipinski definition) is 5. The van der Waals surface area contributed by atoms with Gasteiger partial charge in [-0.05, 0) is 50.7 Å². The lowest BCUT2D eigenvalue weighted by Gasteiger charge is -2.38. The molecule has 2 heterocycles. The Morgan fingerprint density at radius 3 is 2.64 bits per heavy atom. The number of carbonyl (C=O) groups excluding carboxylic acids is 1. The molecule has 1 N–H and O–H groups in total. The third kappa shape index (κ3) is 4.58. The number of likely N-dealkylation sites (tertiary alicyclic amines) is 1. The average molecular weight is 418 g/mol. The molecule has 1 aromatic carbocycles. The van der Waals surface area contributed by atoms with Crippen molar-refractivity contribution in [2.45, 2.75) is 42.4 Å². The molecular weight excluding hydrogens is 393 g/mol. The van der Waals surface area contributed by atoms with Crippen LogP contribution in [0, 0.1) is 0 Å². The number of hydrogen-bond donors (Lipinski definition) is 1. The Hall–Kier alpha value is -1.45. The summed E-state index contributed by atoms with van der Waals surface area (Å²) < 4.78 is 50.2. The minimum absolute atomic E-state index is 0.0777. The van der Waals surface area contributed by atoms with Gasteiger partial charge in [0.1, 0.15) is 5.75 Å². The first-order chi connectivity index (χ1) is 13.3. The fraction of sp³-hybridized carbons (Fsp3) is 0.632. The monoisotopic (exact) mass is 418 g/mol. The van der Waals surface area contributed by atoms with E-state index in [1.54, 1.807) is 6.26 Å². The molecule has 3 rings (SSSR count). The number of rotatable bonds is 5. The molecule has 2 aliphatic heterocycles. The fourth-order valence-corrected chi connectivity index (χ4v) is 4.56. The van der Waals surface area contributed by atoms with Gasteiger partial charge in [-0.1, -0.05) is 0 Å². The van der Waals surface area contributed by atoms with E-state index >= 15 is 0 Å². The van der Waals surface area contributed by atoms with Gasteiger partial charge in [0.25, 0.3) is 5.91 Å². The second-order valence-electron chi connectivity index (χ2n) is 7.01. The van der Waals surface area contributed by atoms with Crippen molar-refractivity contribution < 1.29 is 27.4 Å². The van der Waals surface area contributed by atoms with E-state index in [1.807, 2.05) is 0 Å². The van der Waals surface area contributed by atoms with Crippen LogP contribution < -0.4 is 10.1 Å². The summed E-state index contributed by atoms with van der Waals surface area (Å²) >= 11 is 1.09. The summed E-state index contributed by atoms with van der Waals surface area (Å²) in [5.41, 5.74) is -0.699. The van der Waals surface area contributed by atoms with E-state index < -0.39 is 17.6 Å². The van der Waals surface area contributed by atoms with Gasteiger partial charge in [0, 0.05) is 17.5 Å². The molecule has 0 radical (unpaired) electrons. The van der Waals surface area contributed by atoms with Crippen molar-refractivity contribution in [1.29, 1.82) is 0 Å². The van der Waals surface area contributed by atoms with Crippen molar-refractivity contribution in [3.8, 4) is 5.75 Å². The zero-order chi connectivity index (χ0) is 20.3. The lowest BCUT2D eigenvalue weighted by Crippen LogP contribution is -2.56. The summed E-state index contributed by atoms with van der Waals surface area (Å²) in [6.45, 7) is 3.03. The van der Waals surface area contributed by atoms with Gasteiger partial charge in [0.05, 0.1) is 30.9 Å². The predicted molar refractivity (Wildman–Crippen MR) is 101 cm³/mol. The van der Waals surface area contributed by atoms with E-state index in [4.69, 9.17) is 9.47 Å². The molecule has 0 aromatic heterocycles. The third-order valence-corrected chi connectivity index (χ3v) is 6.07. The van der Waals surface area contributed by atoms with Crippen LogP contribution in [0.3, 0.4) is 0 Å². The molecule has 0 aliphatic carbocycles. The fourth-order valence-electron chi connectivity index (χ4n) is 3.91. The molecule has 2 unspecified atom stereocenters. The highest BCUT2D eigenvalue weighted by Crippen LogP contribution is 2.38. The van der Waals surface area contributed by atoms with Gasteiger partial charge >= 0.3 is 6.18 Å². The molecule has 5 nitrogen and oxygen atoms in total. The summed E-state index contributed by atoms with van der Waals surface area (Å²) in [7, 11) is 1.27. The van der Waals surface area contributed by atoms with Crippen LogP contribution in [0.1, 0.15) is 35.2 Å². The summed E-state index contributed by atoms with van der Waals surface area (Å²) in [6.07, 6.45) is 0.237. The number of alkyl halides is 3. The van der Waals surface area contributed by atoms with Gasteiger partial charge < -0.3 is 14.8 Å². The highest BCUT2D eigenvalue weighted by molar-refractivity contribution is 7.98. The number of halogens is 3. The first-order valence-electron chi connectivity index (χ1n) is 9.31. The molecule has 28 heavy (non-hydrogen) atoms. The van der Waals surface area contributed by atoms with Crippen molar-refractivity contribution in [3.05, 3.63) is 23.3 Å². The van der Waals surface area contributed by atoms with Crippen molar-refractivity contribution in [3.63, 3.8) is 0 Å². The van der Waals surface area contributed by atoms with Crippen LogP contribution in [0.15, 0.2) is 17.0 Å². The largest absolute Gasteiger partial charge is 0.496 e. The Labute approximate surface area is 166 Å². The van der Waals surface area contributed by atoms with E-state index in [-0.39, 0.29) is 28.3 Å². The molecule has 1 aromatic rings. The highest BCUT2D eigenvalue weighted by Gasteiger charge is 2.36. The summed E-state index contributed by atoms with van der Waals surface area (Å²) in [4.78, 5) is 15.6. The number of thioether (sulfide) groups is 1. The molecule has 2 aliphatic rings. The molecule has 9 heteroatoms. The second kappa shape index (κ2) is 8.92. The number of amides is 1. The Bertz CT molecular complexity index is 683. The third-order valence-electron chi connectivity index (χ3n) is 5.31. The van der Waals surface area contributed by atoms with Crippen LogP contribution in [0.5, 0.6) is 5.75 Å². The molecule has 0 bridgehead atoms. The molecule has 2 fully saturated rings. The zero-order valence-electron chi connectivity index (χ0n) is 16.0. The predicted octanol–water partition coefficient (Wildman–Crippen LogP) is 3.42. The summed E-state index contributed by atoms with van der Waals surface area (Å²) in [5, 5.41) is 2.99. The molecule has 0 spiro atoms. The number of nitrogens with one attached hydrogen (secondary N) is 1. The number of ether oxygens (including phenoxy) is 2. The van der Waals surface area contributed by atoms with Gasteiger partial charge in [-0.15, -0.1) is 11.8 Å². The Morgan fingerprint density at radius 1 is 1.32 bits per heavy atom. The minimum atomic E-state index is -4.51. The maximum absolute atomic E-state index is 13.2. The highest BCUT2D eigenvalue weighted by atomic mass is 32.2. The molecule has 2 saturated heterocycles. The lowest BCUT2D eigenvalue weighted by atomic mass is 10.0. The van der Waals surface area contributed by atoms with E-state index in [0.717, 1.165) is 56.2 Å². The SMILES string of the molecule is COc1cc(C(F)(F)F)cc(SC)c1C(=O)NC1COCCC1N1CCCC1. The quantitative estimate of drug-likeness (QED) is 0.743. The van der Waals surface area contributed by atoms with Gasteiger partial charge in [0.15, 0.2) is 0 Å². The van der Waals surface area contributed by atoms with Crippen LogP contribution in [0.25, 0.3) is 0 Å². The van der Waals surface area contributed by atoms with Crippen LogP contribution in [-0.4, -0.2) is 62.6 Å². The number of nitrogens with zero attached hydrogens (tertiary/aromatic N) is 1. The van der Waals surface area contributed by atoms with Gasteiger partial charge in [0.2, 0.25) is 0 Å². The smallest absolute Gasteiger partial charge is 0.416 e. The molecule has 156 valence electrons. The number of methoxy groups -OCH3 is 1. The molecular formula is C19H25F3N2O3S. The normalized spacial score (nSPS) is 23.6. The Kier molecular flexibility index (Phi) is 6.77. The Morgan fingerprint density at radius 2 is 2.04 bits per heavy atom. The van der Waals surface area contributed by atoms with Gasteiger partial charge in [-0.2, -0.15) is 13.2 Å². The van der Waals surface area contributed by atoms with Gasteiger partial charge in [-0.25, -0.2) is 0 Å². The van der Waals surface area contributed by atoms with Crippen LogP contribution in [-0.2, 0) is 10.9 Å². The van der Waals surface area contributed by atoms with Crippen LogP contribution >= 0.6 is 11.8 Å². The molecule has 0 saturated carbocycles. The van der Waals surface area contributed by atoms with Crippen molar-refractivity contribution >= 4 is 17.7 Å². The molecule has 2 atom stereocenters. The van der Waals surface area contributed by atoms with Crippen molar-refractivity contribution in [2.24, 2.45) is 0 Å². The summed E-state index contributed by atoms with van der Waals surface area (Å²) in [5.74, 6) is -0.513.